The Morgan fingerprint density at radius 2 is 1.72 bits per heavy atom. The van der Waals surface area contributed by atoms with E-state index in [-0.39, 0.29) is 13.2 Å². The normalized spacial score (nSPS) is 12.9. The Bertz CT molecular complexity index is 1080. The summed E-state index contributed by atoms with van der Waals surface area (Å²) in [5, 5.41) is 11.9. The third-order valence-corrected chi connectivity index (χ3v) is 5.13. The molecule has 1 aliphatic rings. The standard InChI is InChI=1S/C25H31N5O6/c1-3-34-22-14-20(30-9-11-33-12-10-30)23(35-4-2)13-19(22)28-24(31)16-27-29-25(32)17-36-21-8-6-5-7-18(21)15-26/h5-8,13-14,27H,3-4,9-12,16-17H2,1-2H3,(H,28,31)(H,29,32). The molecule has 3 N–H and O–H groups in total. The fourth-order valence-electron chi connectivity index (χ4n) is 3.53. The fourth-order valence-corrected chi connectivity index (χ4v) is 3.53. The lowest BCUT2D eigenvalue weighted by Gasteiger charge is -2.31. The van der Waals surface area contributed by atoms with Gasteiger partial charge in [0.15, 0.2) is 6.61 Å². The second-order valence-electron chi connectivity index (χ2n) is 7.63. The van der Waals surface area contributed by atoms with Crippen molar-refractivity contribution in [2.24, 2.45) is 0 Å². The Morgan fingerprint density at radius 3 is 2.44 bits per heavy atom. The fraction of sp³-hybridized carbons (Fsp3) is 0.400. The molecule has 192 valence electrons. The van der Waals surface area contributed by atoms with Gasteiger partial charge in [-0.05, 0) is 26.0 Å². The highest BCUT2D eigenvalue weighted by Gasteiger charge is 2.20. The second-order valence-corrected chi connectivity index (χ2v) is 7.63. The van der Waals surface area contributed by atoms with Crippen molar-refractivity contribution in [3.8, 4) is 23.3 Å². The van der Waals surface area contributed by atoms with E-state index in [2.05, 4.69) is 21.1 Å². The third-order valence-electron chi connectivity index (χ3n) is 5.13. The quantitative estimate of drug-likeness (QED) is 0.376. The second kappa shape index (κ2) is 13.8. The number of morpholine rings is 1. The molecule has 0 atom stereocenters. The number of carbonyl (C=O) groups excluding carboxylic acids is 2. The Labute approximate surface area is 210 Å². The predicted molar refractivity (Wildman–Crippen MR) is 133 cm³/mol. The van der Waals surface area contributed by atoms with E-state index in [1.165, 1.54) is 0 Å². The van der Waals surface area contributed by atoms with Crippen molar-refractivity contribution in [1.82, 2.24) is 10.9 Å². The van der Waals surface area contributed by atoms with Gasteiger partial charge < -0.3 is 29.2 Å². The summed E-state index contributed by atoms with van der Waals surface area (Å²) in [6.07, 6.45) is 0. The molecule has 2 aromatic rings. The van der Waals surface area contributed by atoms with Crippen LogP contribution in [0.5, 0.6) is 17.2 Å². The number of para-hydroxylation sites is 1. The number of rotatable bonds is 12. The number of amides is 2. The highest BCUT2D eigenvalue weighted by atomic mass is 16.5. The van der Waals surface area contributed by atoms with E-state index in [0.29, 0.717) is 54.9 Å². The molecular formula is C25H31N5O6. The molecule has 2 amide bonds. The van der Waals surface area contributed by atoms with Crippen molar-refractivity contribution >= 4 is 23.2 Å². The molecule has 36 heavy (non-hydrogen) atoms. The predicted octanol–water partition coefficient (Wildman–Crippen LogP) is 1.83. The van der Waals surface area contributed by atoms with Crippen molar-refractivity contribution < 1.29 is 28.5 Å². The van der Waals surface area contributed by atoms with Crippen LogP contribution in [-0.2, 0) is 14.3 Å². The summed E-state index contributed by atoms with van der Waals surface area (Å²) in [4.78, 5) is 26.8. The van der Waals surface area contributed by atoms with E-state index >= 15 is 0 Å². The first kappa shape index (κ1) is 26.6. The number of benzene rings is 2. The Balaban J connectivity index is 1.57. The number of nitriles is 1. The highest BCUT2D eigenvalue weighted by molar-refractivity contribution is 5.95. The van der Waals surface area contributed by atoms with Crippen LogP contribution in [0.2, 0.25) is 0 Å². The van der Waals surface area contributed by atoms with Crippen LogP contribution in [0.4, 0.5) is 11.4 Å². The first-order valence-corrected chi connectivity index (χ1v) is 11.8. The van der Waals surface area contributed by atoms with Crippen molar-refractivity contribution in [1.29, 1.82) is 5.26 Å². The zero-order valence-corrected chi connectivity index (χ0v) is 20.5. The maximum absolute atomic E-state index is 12.6. The summed E-state index contributed by atoms with van der Waals surface area (Å²) in [5.74, 6) is 0.563. The van der Waals surface area contributed by atoms with Crippen LogP contribution in [0.25, 0.3) is 0 Å². The number of nitrogens with one attached hydrogen (secondary N) is 3. The molecule has 0 bridgehead atoms. The summed E-state index contributed by atoms with van der Waals surface area (Å²) >= 11 is 0. The van der Waals surface area contributed by atoms with Gasteiger partial charge >= 0.3 is 0 Å². The van der Waals surface area contributed by atoms with E-state index in [1.807, 2.05) is 26.0 Å². The van der Waals surface area contributed by atoms with Gasteiger partial charge in [-0.3, -0.25) is 15.0 Å². The summed E-state index contributed by atoms with van der Waals surface area (Å²) in [6, 6.07) is 12.2. The molecule has 0 unspecified atom stereocenters. The lowest BCUT2D eigenvalue weighted by Crippen LogP contribution is -2.44. The largest absolute Gasteiger partial charge is 0.492 e. The van der Waals surface area contributed by atoms with Gasteiger partial charge in [0.05, 0.1) is 49.9 Å². The van der Waals surface area contributed by atoms with E-state index in [0.717, 1.165) is 18.8 Å². The van der Waals surface area contributed by atoms with Crippen molar-refractivity contribution in [3.63, 3.8) is 0 Å². The van der Waals surface area contributed by atoms with Crippen LogP contribution in [0.1, 0.15) is 19.4 Å². The summed E-state index contributed by atoms with van der Waals surface area (Å²) in [5.41, 5.74) is 6.64. The SMILES string of the molecule is CCOc1cc(N2CCOCC2)c(OCC)cc1NC(=O)CNNC(=O)COc1ccccc1C#N. The highest BCUT2D eigenvalue weighted by Crippen LogP contribution is 2.39. The van der Waals surface area contributed by atoms with E-state index in [4.69, 9.17) is 24.2 Å². The van der Waals surface area contributed by atoms with Gasteiger partial charge in [-0.25, -0.2) is 5.43 Å². The van der Waals surface area contributed by atoms with Gasteiger partial charge in [0.2, 0.25) is 5.91 Å². The van der Waals surface area contributed by atoms with Crippen LogP contribution in [-0.4, -0.2) is 64.5 Å². The van der Waals surface area contributed by atoms with Gasteiger partial charge in [-0.1, -0.05) is 12.1 Å². The molecule has 1 heterocycles. The number of hydrazine groups is 1. The number of hydrogen-bond donors (Lipinski definition) is 3. The number of ether oxygens (including phenoxy) is 4. The first-order valence-electron chi connectivity index (χ1n) is 11.8. The smallest absolute Gasteiger partial charge is 0.271 e. The lowest BCUT2D eigenvalue weighted by atomic mass is 10.2. The van der Waals surface area contributed by atoms with E-state index in [1.54, 1.807) is 30.3 Å². The van der Waals surface area contributed by atoms with Crippen LogP contribution in [0, 0.1) is 11.3 Å². The number of anilines is 2. The first-order chi connectivity index (χ1) is 17.5. The topological polar surface area (TPSA) is 134 Å². The molecule has 3 rings (SSSR count). The minimum absolute atomic E-state index is 0.193. The molecule has 0 saturated carbocycles. The Morgan fingerprint density at radius 1 is 1.00 bits per heavy atom. The van der Waals surface area contributed by atoms with Gasteiger partial charge in [0.1, 0.15) is 23.3 Å². The molecule has 1 aliphatic heterocycles. The van der Waals surface area contributed by atoms with Crippen LogP contribution in [0.15, 0.2) is 36.4 Å². The van der Waals surface area contributed by atoms with Crippen LogP contribution in [0.3, 0.4) is 0 Å². The van der Waals surface area contributed by atoms with Crippen LogP contribution >= 0.6 is 0 Å². The molecule has 11 heteroatoms. The van der Waals surface area contributed by atoms with Crippen molar-refractivity contribution in [3.05, 3.63) is 42.0 Å². The summed E-state index contributed by atoms with van der Waals surface area (Å²) < 4.78 is 22.4. The molecule has 0 spiro atoms. The summed E-state index contributed by atoms with van der Waals surface area (Å²) in [6.45, 7) is 6.85. The van der Waals surface area contributed by atoms with Crippen molar-refractivity contribution in [2.45, 2.75) is 13.8 Å². The van der Waals surface area contributed by atoms with Gasteiger partial charge in [-0.15, -0.1) is 0 Å². The third kappa shape index (κ3) is 7.49. The van der Waals surface area contributed by atoms with E-state index < -0.39 is 11.8 Å². The van der Waals surface area contributed by atoms with Crippen molar-refractivity contribution in [2.75, 3.05) is 62.9 Å². The monoisotopic (exact) mass is 497 g/mol. The zero-order chi connectivity index (χ0) is 25.8. The maximum Gasteiger partial charge on any atom is 0.271 e. The number of hydrogen-bond acceptors (Lipinski definition) is 9. The molecule has 0 aliphatic carbocycles. The summed E-state index contributed by atoms with van der Waals surface area (Å²) in [7, 11) is 0. The average Bonchev–Trinajstić information content (AvgIpc) is 2.89. The average molecular weight is 498 g/mol. The van der Waals surface area contributed by atoms with Crippen LogP contribution < -0.4 is 35.3 Å². The molecule has 0 radical (unpaired) electrons. The molecule has 2 aromatic carbocycles. The lowest BCUT2D eigenvalue weighted by molar-refractivity contribution is -0.124. The maximum atomic E-state index is 12.6. The minimum Gasteiger partial charge on any atom is -0.492 e. The van der Waals surface area contributed by atoms with Gasteiger partial charge in [0.25, 0.3) is 5.91 Å². The Kier molecular flexibility index (Phi) is 10.2. The van der Waals surface area contributed by atoms with Gasteiger partial charge in [0, 0.05) is 25.2 Å². The molecule has 1 saturated heterocycles. The molecule has 11 nitrogen and oxygen atoms in total. The molecule has 0 aromatic heterocycles. The molecule has 1 fully saturated rings. The number of nitrogens with zero attached hydrogens (tertiary/aromatic N) is 2. The van der Waals surface area contributed by atoms with E-state index in [9.17, 15) is 9.59 Å². The Hall–Kier alpha value is -4.01. The van der Waals surface area contributed by atoms with Gasteiger partial charge in [-0.2, -0.15) is 5.26 Å². The zero-order valence-electron chi connectivity index (χ0n) is 20.5. The number of carbonyl (C=O) groups is 2. The molecular weight excluding hydrogens is 466 g/mol. The minimum atomic E-state index is -0.501.